The molecule has 0 aliphatic carbocycles. The second-order valence-electron chi connectivity index (χ2n) is 8.37. The maximum Gasteiger partial charge on any atom is 0.427 e. The van der Waals surface area contributed by atoms with Crippen molar-refractivity contribution in [3.8, 4) is 5.75 Å². The molecule has 196 valence electrons. The van der Waals surface area contributed by atoms with Crippen molar-refractivity contribution in [2.75, 3.05) is 16.2 Å². The molecule has 0 bridgehead atoms. The minimum atomic E-state index is -4.84. The number of sulfonamides is 1. The summed E-state index contributed by atoms with van der Waals surface area (Å²) in [5.74, 6) is -1.92. The largest absolute Gasteiger partial charge is 0.486 e. The van der Waals surface area contributed by atoms with Gasteiger partial charge in [-0.3, -0.25) is 14.4 Å². The zero-order valence-electron chi connectivity index (χ0n) is 19.0. The average Bonchev–Trinajstić information content (AvgIpc) is 2.76. The van der Waals surface area contributed by atoms with Crippen LogP contribution in [0.25, 0.3) is 0 Å². The lowest BCUT2D eigenvalue weighted by molar-refractivity contribution is -0.242. The Labute approximate surface area is 203 Å². The van der Waals surface area contributed by atoms with Gasteiger partial charge in [0.2, 0.25) is 5.60 Å². The molecule has 1 aliphatic rings. The molecule has 9 nitrogen and oxygen atoms in total. The van der Waals surface area contributed by atoms with Crippen LogP contribution in [0, 0.1) is 5.82 Å². The minimum absolute atomic E-state index is 0.00570. The van der Waals surface area contributed by atoms with Gasteiger partial charge in [0, 0.05) is 12.1 Å². The number of carboxylic acid groups (broad SMARTS) is 1. The third-order valence-electron chi connectivity index (χ3n) is 5.23. The third kappa shape index (κ3) is 5.98. The number of amides is 1. The predicted molar refractivity (Wildman–Crippen MR) is 119 cm³/mol. The van der Waals surface area contributed by atoms with E-state index in [1.807, 2.05) is 0 Å². The zero-order chi connectivity index (χ0) is 26.9. The topological polar surface area (TPSA) is 122 Å². The van der Waals surface area contributed by atoms with Crippen LogP contribution in [0.2, 0.25) is 0 Å². The van der Waals surface area contributed by atoms with E-state index >= 15 is 0 Å². The van der Waals surface area contributed by atoms with Crippen LogP contribution >= 0.6 is 0 Å². The molecule has 2 aromatic rings. The number of halogens is 4. The summed E-state index contributed by atoms with van der Waals surface area (Å²) < 4.78 is 90.6. The number of carbonyl (C=O) groups is 2. The van der Waals surface area contributed by atoms with Gasteiger partial charge >= 0.3 is 18.2 Å². The molecule has 14 heteroatoms. The van der Waals surface area contributed by atoms with Crippen molar-refractivity contribution in [2.45, 2.75) is 49.5 Å². The van der Waals surface area contributed by atoms with E-state index in [9.17, 15) is 35.6 Å². The van der Waals surface area contributed by atoms with Crippen LogP contribution in [0.15, 0.2) is 47.4 Å². The number of alkyl halides is 3. The van der Waals surface area contributed by atoms with E-state index in [-0.39, 0.29) is 36.5 Å². The molecule has 0 spiro atoms. The second-order valence-corrected chi connectivity index (χ2v) is 10.2. The van der Waals surface area contributed by atoms with Crippen LogP contribution in [-0.4, -0.2) is 50.0 Å². The van der Waals surface area contributed by atoms with Gasteiger partial charge in [0.1, 0.15) is 17.7 Å². The molecule has 0 aromatic heterocycles. The first-order chi connectivity index (χ1) is 16.6. The van der Waals surface area contributed by atoms with Crippen LogP contribution in [0.4, 0.5) is 33.7 Å². The van der Waals surface area contributed by atoms with E-state index in [0.29, 0.717) is 13.8 Å². The SMILES string of the molecule is CC(C)(OC(=O)Nc1ccc2c(c1)N(S(=O)(=O)c1cccc(F)c1)CC(CCC(=O)O)O2)C(F)(F)F. The Morgan fingerprint density at radius 1 is 1.19 bits per heavy atom. The van der Waals surface area contributed by atoms with Crippen molar-refractivity contribution in [3.05, 3.63) is 48.3 Å². The number of aliphatic carboxylic acids is 1. The predicted octanol–water partition coefficient (Wildman–Crippen LogP) is 4.54. The molecule has 2 N–H and O–H groups in total. The summed E-state index contributed by atoms with van der Waals surface area (Å²) in [6, 6.07) is 7.86. The van der Waals surface area contributed by atoms with E-state index in [2.05, 4.69) is 10.1 Å². The summed E-state index contributed by atoms with van der Waals surface area (Å²) >= 11 is 0. The second kappa shape index (κ2) is 9.84. The number of anilines is 2. The molecule has 1 heterocycles. The summed E-state index contributed by atoms with van der Waals surface area (Å²) in [6.07, 6.45) is -7.49. The molecule has 0 fully saturated rings. The van der Waals surface area contributed by atoms with E-state index in [0.717, 1.165) is 22.5 Å². The molecule has 1 atom stereocenters. The summed E-state index contributed by atoms with van der Waals surface area (Å²) in [5, 5.41) is 11.1. The number of carboxylic acids is 1. The van der Waals surface area contributed by atoms with Crippen LogP contribution in [-0.2, 0) is 19.6 Å². The van der Waals surface area contributed by atoms with Crippen molar-refractivity contribution in [2.24, 2.45) is 0 Å². The van der Waals surface area contributed by atoms with Crippen molar-refractivity contribution < 1.29 is 50.1 Å². The van der Waals surface area contributed by atoms with Gasteiger partial charge in [0.15, 0.2) is 0 Å². The Hall–Kier alpha value is -3.55. The highest BCUT2D eigenvalue weighted by Crippen LogP contribution is 2.40. The standard InChI is InChI=1S/C22H22F4N2O7S/c1-21(2,22(24,25)26)35-20(31)27-14-6-8-18-17(11-14)28(12-15(34-18)7-9-19(29)30)36(32,33)16-5-3-4-13(23)10-16/h3-6,8,10-11,15H,7,9,12H2,1-2H3,(H,27,31)(H,29,30). The molecule has 1 aliphatic heterocycles. The normalized spacial score (nSPS) is 16.1. The van der Waals surface area contributed by atoms with Crippen LogP contribution in [0.1, 0.15) is 26.7 Å². The molecular formula is C22H22F4N2O7S. The quantitative estimate of drug-likeness (QED) is 0.501. The smallest absolute Gasteiger partial charge is 0.427 e. The van der Waals surface area contributed by atoms with Crippen LogP contribution in [0.3, 0.4) is 0 Å². The van der Waals surface area contributed by atoms with E-state index in [1.54, 1.807) is 0 Å². The number of nitrogens with one attached hydrogen (secondary N) is 1. The van der Waals surface area contributed by atoms with Gasteiger partial charge in [0.05, 0.1) is 17.1 Å². The van der Waals surface area contributed by atoms with E-state index in [1.165, 1.54) is 24.3 Å². The van der Waals surface area contributed by atoms with Crippen molar-refractivity contribution >= 4 is 33.5 Å². The molecule has 1 unspecified atom stereocenters. The first-order valence-electron chi connectivity index (χ1n) is 10.5. The molecule has 3 rings (SSSR count). The highest BCUT2D eigenvalue weighted by molar-refractivity contribution is 7.92. The Morgan fingerprint density at radius 2 is 1.89 bits per heavy atom. The molecule has 36 heavy (non-hydrogen) atoms. The van der Waals surface area contributed by atoms with Gasteiger partial charge in [-0.1, -0.05) is 6.07 Å². The van der Waals surface area contributed by atoms with Gasteiger partial charge in [-0.15, -0.1) is 0 Å². The maximum atomic E-state index is 13.8. The number of nitrogens with zero attached hydrogens (tertiary/aromatic N) is 1. The number of ether oxygens (including phenoxy) is 2. The fraction of sp³-hybridized carbons (Fsp3) is 0.364. The number of fused-ring (bicyclic) bond motifs is 1. The minimum Gasteiger partial charge on any atom is -0.486 e. The summed E-state index contributed by atoms with van der Waals surface area (Å²) in [4.78, 5) is 22.7. The Balaban J connectivity index is 1.96. The number of rotatable bonds is 7. The van der Waals surface area contributed by atoms with Gasteiger partial charge in [-0.2, -0.15) is 13.2 Å². The van der Waals surface area contributed by atoms with Gasteiger partial charge in [0.25, 0.3) is 10.0 Å². The first kappa shape index (κ1) is 27.0. The molecule has 0 saturated heterocycles. The van der Waals surface area contributed by atoms with Gasteiger partial charge in [-0.25, -0.2) is 17.6 Å². The highest BCUT2D eigenvalue weighted by Gasteiger charge is 2.51. The number of benzene rings is 2. The van der Waals surface area contributed by atoms with Crippen LogP contribution < -0.4 is 14.4 Å². The monoisotopic (exact) mass is 534 g/mol. The lowest BCUT2D eigenvalue weighted by Gasteiger charge is -2.35. The Bertz CT molecular complexity index is 1270. The molecular weight excluding hydrogens is 512 g/mol. The lowest BCUT2D eigenvalue weighted by atomic mass is 10.1. The number of carbonyl (C=O) groups excluding carboxylic acids is 1. The number of hydrogen-bond acceptors (Lipinski definition) is 6. The maximum absolute atomic E-state index is 13.8. The van der Waals surface area contributed by atoms with Crippen molar-refractivity contribution in [1.82, 2.24) is 0 Å². The molecule has 0 radical (unpaired) electrons. The summed E-state index contributed by atoms with van der Waals surface area (Å²) in [5.41, 5.74) is -3.00. The lowest BCUT2D eigenvalue weighted by Crippen LogP contribution is -2.44. The third-order valence-corrected chi connectivity index (χ3v) is 7.01. The Kier molecular flexibility index (Phi) is 7.39. The number of hydrogen-bond donors (Lipinski definition) is 2. The van der Waals surface area contributed by atoms with Gasteiger partial charge < -0.3 is 14.6 Å². The summed E-state index contributed by atoms with van der Waals surface area (Å²) in [7, 11) is -4.39. The highest BCUT2D eigenvalue weighted by atomic mass is 32.2. The molecule has 0 saturated carbocycles. The van der Waals surface area contributed by atoms with Crippen LogP contribution in [0.5, 0.6) is 5.75 Å². The summed E-state index contributed by atoms with van der Waals surface area (Å²) in [6.45, 7) is 0.990. The van der Waals surface area contributed by atoms with E-state index < -0.39 is 50.7 Å². The fourth-order valence-corrected chi connectivity index (χ4v) is 4.77. The van der Waals surface area contributed by atoms with E-state index in [4.69, 9.17) is 9.84 Å². The Morgan fingerprint density at radius 3 is 2.50 bits per heavy atom. The zero-order valence-corrected chi connectivity index (χ0v) is 19.8. The molecule has 2 aromatic carbocycles. The average molecular weight is 534 g/mol. The molecule has 1 amide bonds. The van der Waals surface area contributed by atoms with Crippen molar-refractivity contribution in [1.29, 1.82) is 0 Å². The first-order valence-corrected chi connectivity index (χ1v) is 11.9. The fourth-order valence-electron chi connectivity index (χ4n) is 3.24. The van der Waals surface area contributed by atoms with Crippen molar-refractivity contribution in [3.63, 3.8) is 0 Å². The van der Waals surface area contributed by atoms with Gasteiger partial charge in [-0.05, 0) is 56.7 Å².